The number of nitrogens with one attached hydrogen (secondary N) is 2. The second kappa shape index (κ2) is 12.2. The van der Waals surface area contributed by atoms with Crippen LogP contribution in [0.3, 0.4) is 0 Å². The van der Waals surface area contributed by atoms with E-state index in [1.807, 2.05) is 30.3 Å². The van der Waals surface area contributed by atoms with Gasteiger partial charge in [0.1, 0.15) is 6.04 Å². The minimum absolute atomic E-state index is 0.141. The van der Waals surface area contributed by atoms with Crippen LogP contribution < -0.4 is 20.1 Å². The number of carboxylic acids is 1. The summed E-state index contributed by atoms with van der Waals surface area (Å²) in [5.74, 6) is -0.997. The van der Waals surface area contributed by atoms with Gasteiger partial charge in [-0.25, -0.2) is 14.3 Å². The van der Waals surface area contributed by atoms with Gasteiger partial charge in [-0.15, -0.1) is 0 Å². The van der Waals surface area contributed by atoms with Gasteiger partial charge in [-0.05, 0) is 54.1 Å². The molecule has 0 bridgehead atoms. The van der Waals surface area contributed by atoms with Crippen molar-refractivity contribution in [2.45, 2.75) is 12.5 Å². The molecule has 0 saturated heterocycles. The number of carbonyl (C=O) groups is 3. The first kappa shape index (κ1) is 27.8. The number of hydrogen-bond donors (Lipinski definition) is 3. The van der Waals surface area contributed by atoms with E-state index >= 15 is 0 Å². The molecule has 5 aromatic rings. The Morgan fingerprint density at radius 2 is 1.62 bits per heavy atom. The van der Waals surface area contributed by atoms with Crippen molar-refractivity contribution in [2.75, 3.05) is 19.5 Å². The number of ether oxygens (including phenoxy) is 2. The van der Waals surface area contributed by atoms with Crippen LogP contribution in [-0.4, -0.2) is 57.7 Å². The van der Waals surface area contributed by atoms with Crippen LogP contribution in [0.15, 0.2) is 91.1 Å². The number of fused-ring (bicyclic) bond motifs is 1. The molecule has 0 spiro atoms. The second-order valence-electron chi connectivity index (χ2n) is 9.28. The monoisotopic (exact) mass is 565 g/mol. The van der Waals surface area contributed by atoms with E-state index in [9.17, 15) is 19.5 Å². The highest BCUT2D eigenvalue weighted by Crippen LogP contribution is 2.32. The number of rotatable bonds is 10. The Morgan fingerprint density at radius 1 is 0.881 bits per heavy atom. The lowest BCUT2D eigenvalue weighted by molar-refractivity contribution is -0.139. The Kier molecular flexibility index (Phi) is 8.10. The maximum atomic E-state index is 13.0. The van der Waals surface area contributed by atoms with E-state index in [-0.39, 0.29) is 17.7 Å². The quantitative estimate of drug-likeness (QED) is 0.230. The predicted molar refractivity (Wildman–Crippen MR) is 155 cm³/mol. The molecule has 42 heavy (non-hydrogen) atoms. The van der Waals surface area contributed by atoms with E-state index in [1.54, 1.807) is 67.4 Å². The van der Waals surface area contributed by atoms with Crippen molar-refractivity contribution >= 4 is 29.1 Å². The smallest absolute Gasteiger partial charge is 0.326 e. The van der Waals surface area contributed by atoms with Gasteiger partial charge in [0, 0.05) is 35.5 Å². The number of amides is 2. The van der Waals surface area contributed by atoms with Gasteiger partial charge in [0.05, 0.1) is 19.9 Å². The Bertz CT molecular complexity index is 1750. The summed E-state index contributed by atoms with van der Waals surface area (Å²) in [7, 11) is 3.11. The van der Waals surface area contributed by atoms with Crippen molar-refractivity contribution in [3.05, 3.63) is 108 Å². The van der Waals surface area contributed by atoms with Crippen molar-refractivity contribution in [1.82, 2.24) is 19.9 Å². The van der Waals surface area contributed by atoms with E-state index in [2.05, 4.69) is 20.7 Å². The summed E-state index contributed by atoms with van der Waals surface area (Å²) >= 11 is 0. The number of nitrogens with zero attached hydrogens (tertiary/aromatic N) is 3. The Labute approximate surface area is 240 Å². The third-order valence-electron chi connectivity index (χ3n) is 6.56. The summed E-state index contributed by atoms with van der Waals surface area (Å²) in [6.45, 7) is 0. The predicted octanol–water partition coefficient (Wildman–Crippen LogP) is 4.09. The van der Waals surface area contributed by atoms with E-state index in [4.69, 9.17) is 9.47 Å². The molecule has 0 saturated carbocycles. The molecule has 2 heterocycles. The number of carboxylic acid groups (broad SMARTS) is 1. The lowest BCUT2D eigenvalue weighted by atomic mass is 10.1. The highest BCUT2D eigenvalue weighted by Gasteiger charge is 2.21. The van der Waals surface area contributed by atoms with Gasteiger partial charge in [-0.2, -0.15) is 5.10 Å². The Hall–Kier alpha value is -5.71. The summed E-state index contributed by atoms with van der Waals surface area (Å²) in [4.78, 5) is 41.8. The topological polar surface area (TPSA) is 144 Å². The lowest BCUT2D eigenvalue weighted by Gasteiger charge is -2.15. The molecule has 3 aromatic carbocycles. The van der Waals surface area contributed by atoms with Crippen molar-refractivity contribution in [3.8, 4) is 22.8 Å². The highest BCUT2D eigenvalue weighted by atomic mass is 16.5. The molecule has 11 nitrogen and oxygen atoms in total. The zero-order chi connectivity index (χ0) is 29.6. The van der Waals surface area contributed by atoms with Gasteiger partial charge >= 0.3 is 5.97 Å². The van der Waals surface area contributed by atoms with Crippen LogP contribution in [-0.2, 0) is 11.2 Å². The molecule has 3 N–H and O–H groups in total. The van der Waals surface area contributed by atoms with E-state index in [0.29, 0.717) is 28.5 Å². The molecule has 0 aliphatic heterocycles. The molecule has 11 heteroatoms. The average Bonchev–Trinajstić information content (AvgIpc) is 3.46. The number of carbonyl (C=O) groups excluding carboxylic acids is 2. The number of benzene rings is 3. The van der Waals surface area contributed by atoms with Crippen molar-refractivity contribution < 1.29 is 29.0 Å². The first-order chi connectivity index (χ1) is 20.4. The largest absolute Gasteiger partial charge is 0.493 e. The highest BCUT2D eigenvalue weighted by molar-refractivity contribution is 6.04. The summed E-state index contributed by atoms with van der Waals surface area (Å²) in [5, 5.41) is 19.4. The maximum absolute atomic E-state index is 13.0. The molecule has 2 aromatic heterocycles. The van der Waals surface area contributed by atoms with Crippen LogP contribution >= 0.6 is 0 Å². The third kappa shape index (κ3) is 6.04. The van der Waals surface area contributed by atoms with Gasteiger partial charge in [-0.3, -0.25) is 9.59 Å². The molecule has 5 rings (SSSR count). The molecule has 0 aliphatic carbocycles. The number of aromatic nitrogens is 3. The summed E-state index contributed by atoms with van der Waals surface area (Å²) in [6.07, 6.45) is 1.78. The Balaban J connectivity index is 1.29. The molecule has 2 amide bonds. The summed E-state index contributed by atoms with van der Waals surface area (Å²) in [6, 6.07) is 22.9. The number of anilines is 1. The van der Waals surface area contributed by atoms with Crippen LogP contribution in [0.2, 0.25) is 0 Å². The number of methoxy groups -OCH3 is 2. The number of aliphatic carboxylic acids is 1. The molecule has 0 radical (unpaired) electrons. The molecule has 1 atom stereocenters. The SMILES string of the molecule is COc1ccc(-c2ccnc3cc(C(=O)Nc4ccc(C(=O)NC(Cc5ccccc5)C(=O)O)cc4)nn23)cc1OC. The standard InChI is InChI=1S/C31H27N5O6/c1-41-26-13-10-21(17-27(26)42-2)25-14-15-32-28-18-23(35-36(25)28)30(38)33-22-11-8-20(9-12-22)29(37)34-24(31(39)40)16-19-6-4-3-5-7-19/h3-15,17-18,24H,16H2,1-2H3,(H,33,38)(H,34,37)(H,39,40). The third-order valence-corrected chi connectivity index (χ3v) is 6.56. The molecular formula is C31H27N5O6. The van der Waals surface area contributed by atoms with Crippen LogP contribution in [0.5, 0.6) is 11.5 Å². The zero-order valence-electron chi connectivity index (χ0n) is 22.8. The zero-order valence-corrected chi connectivity index (χ0v) is 22.8. The van der Waals surface area contributed by atoms with Crippen molar-refractivity contribution in [2.24, 2.45) is 0 Å². The normalized spacial score (nSPS) is 11.5. The van der Waals surface area contributed by atoms with E-state index < -0.39 is 23.8 Å². The van der Waals surface area contributed by atoms with Gasteiger partial charge in [0.15, 0.2) is 22.8 Å². The first-order valence-electron chi connectivity index (χ1n) is 12.9. The lowest BCUT2D eigenvalue weighted by Crippen LogP contribution is -2.42. The van der Waals surface area contributed by atoms with Crippen LogP contribution in [0, 0.1) is 0 Å². The molecule has 212 valence electrons. The maximum Gasteiger partial charge on any atom is 0.326 e. The second-order valence-corrected chi connectivity index (χ2v) is 9.28. The van der Waals surface area contributed by atoms with Gasteiger partial charge < -0.3 is 25.2 Å². The minimum Gasteiger partial charge on any atom is -0.493 e. The van der Waals surface area contributed by atoms with Crippen LogP contribution in [0.4, 0.5) is 5.69 Å². The van der Waals surface area contributed by atoms with Crippen molar-refractivity contribution in [3.63, 3.8) is 0 Å². The van der Waals surface area contributed by atoms with Crippen molar-refractivity contribution in [1.29, 1.82) is 0 Å². The summed E-state index contributed by atoms with van der Waals surface area (Å²) in [5.41, 5.74) is 3.58. The van der Waals surface area contributed by atoms with Crippen LogP contribution in [0.25, 0.3) is 16.9 Å². The van der Waals surface area contributed by atoms with E-state index in [0.717, 1.165) is 11.1 Å². The first-order valence-corrected chi connectivity index (χ1v) is 12.9. The molecule has 0 fully saturated rings. The fourth-order valence-corrected chi connectivity index (χ4v) is 4.41. The summed E-state index contributed by atoms with van der Waals surface area (Å²) < 4.78 is 12.3. The number of hydrogen-bond acceptors (Lipinski definition) is 7. The average molecular weight is 566 g/mol. The fraction of sp³-hybridized carbons (Fsp3) is 0.129. The van der Waals surface area contributed by atoms with Gasteiger partial charge in [0.2, 0.25) is 0 Å². The minimum atomic E-state index is -1.13. The fourth-order valence-electron chi connectivity index (χ4n) is 4.41. The van der Waals surface area contributed by atoms with Crippen LogP contribution in [0.1, 0.15) is 26.4 Å². The molecular weight excluding hydrogens is 538 g/mol. The van der Waals surface area contributed by atoms with E-state index in [1.165, 1.54) is 12.1 Å². The van der Waals surface area contributed by atoms with Gasteiger partial charge in [0.25, 0.3) is 11.8 Å². The molecule has 0 aliphatic rings. The molecule has 1 unspecified atom stereocenters. The Morgan fingerprint density at radius 3 is 2.31 bits per heavy atom. The van der Waals surface area contributed by atoms with Gasteiger partial charge in [-0.1, -0.05) is 30.3 Å².